The lowest BCUT2D eigenvalue weighted by Crippen LogP contribution is -2.03. The molecule has 1 N–H and O–H groups in total. The molecule has 0 saturated carbocycles. The molecule has 0 amide bonds. The van der Waals surface area contributed by atoms with Crippen LogP contribution in [0.3, 0.4) is 0 Å². The second-order valence-corrected chi connectivity index (χ2v) is 4.49. The first-order valence-corrected chi connectivity index (χ1v) is 6.10. The standard InChI is InChI=1S/C14H10N2O5/c17-14(18)11-3-1-2-9-6-7-15(13(9)11)8-10-4-5-12(21-10)16(19)20/h1-7H,8H2,(H,17,18). The van der Waals surface area contributed by atoms with E-state index in [1.807, 2.05) is 6.07 Å². The molecule has 106 valence electrons. The van der Waals surface area contributed by atoms with Crippen molar-refractivity contribution in [2.75, 3.05) is 0 Å². The molecule has 7 heteroatoms. The van der Waals surface area contributed by atoms with Crippen LogP contribution in [0.5, 0.6) is 0 Å². The summed E-state index contributed by atoms with van der Waals surface area (Å²) in [4.78, 5) is 21.3. The van der Waals surface area contributed by atoms with Crippen molar-refractivity contribution >= 4 is 22.8 Å². The van der Waals surface area contributed by atoms with E-state index in [1.165, 1.54) is 18.2 Å². The van der Waals surface area contributed by atoms with Crippen LogP contribution in [0.25, 0.3) is 10.9 Å². The van der Waals surface area contributed by atoms with Gasteiger partial charge in [-0.25, -0.2) is 4.79 Å². The van der Waals surface area contributed by atoms with Gasteiger partial charge in [0.2, 0.25) is 0 Å². The maximum absolute atomic E-state index is 11.3. The number of carboxylic acid groups (broad SMARTS) is 1. The molecule has 1 aromatic carbocycles. The van der Waals surface area contributed by atoms with Crippen molar-refractivity contribution < 1.29 is 19.2 Å². The van der Waals surface area contributed by atoms with Crippen molar-refractivity contribution in [2.45, 2.75) is 6.54 Å². The minimum Gasteiger partial charge on any atom is -0.478 e. The van der Waals surface area contributed by atoms with Gasteiger partial charge in [0, 0.05) is 11.6 Å². The van der Waals surface area contributed by atoms with E-state index in [-0.39, 0.29) is 18.0 Å². The van der Waals surface area contributed by atoms with Crippen LogP contribution in [0.15, 0.2) is 47.0 Å². The number of para-hydroxylation sites is 1. The van der Waals surface area contributed by atoms with Crippen LogP contribution in [0.4, 0.5) is 5.88 Å². The first-order valence-electron chi connectivity index (χ1n) is 6.10. The van der Waals surface area contributed by atoms with Crippen LogP contribution in [0.2, 0.25) is 0 Å². The van der Waals surface area contributed by atoms with Crippen molar-refractivity contribution in [1.82, 2.24) is 4.57 Å². The molecule has 0 radical (unpaired) electrons. The van der Waals surface area contributed by atoms with Crippen molar-refractivity contribution in [3.05, 3.63) is 64.0 Å². The minimum atomic E-state index is -1.02. The number of rotatable bonds is 4. The molecule has 7 nitrogen and oxygen atoms in total. The first kappa shape index (κ1) is 12.9. The molecule has 0 aliphatic carbocycles. The highest BCUT2D eigenvalue weighted by atomic mass is 16.6. The smallest absolute Gasteiger partial charge is 0.433 e. The van der Waals surface area contributed by atoms with Crippen LogP contribution < -0.4 is 0 Å². The molecular weight excluding hydrogens is 276 g/mol. The summed E-state index contributed by atoms with van der Waals surface area (Å²) in [7, 11) is 0. The second-order valence-electron chi connectivity index (χ2n) is 4.49. The second kappa shape index (κ2) is 4.78. The molecule has 0 unspecified atom stereocenters. The average Bonchev–Trinajstić information content (AvgIpc) is 3.06. The molecular formula is C14H10N2O5. The van der Waals surface area contributed by atoms with Gasteiger partial charge < -0.3 is 14.1 Å². The number of benzene rings is 1. The van der Waals surface area contributed by atoms with E-state index in [0.29, 0.717) is 11.3 Å². The Hall–Kier alpha value is -3.09. The number of hydrogen-bond donors (Lipinski definition) is 1. The number of carboxylic acids is 1. The summed E-state index contributed by atoms with van der Waals surface area (Å²) >= 11 is 0. The molecule has 0 bridgehead atoms. The Morgan fingerprint density at radius 2 is 2.10 bits per heavy atom. The number of furan rings is 1. The molecule has 2 aromatic heterocycles. The Morgan fingerprint density at radius 1 is 1.29 bits per heavy atom. The van der Waals surface area contributed by atoms with Crippen molar-refractivity contribution in [1.29, 1.82) is 0 Å². The van der Waals surface area contributed by atoms with Gasteiger partial charge in [-0.1, -0.05) is 12.1 Å². The summed E-state index contributed by atoms with van der Waals surface area (Å²) < 4.78 is 6.80. The lowest BCUT2D eigenvalue weighted by atomic mass is 10.1. The third kappa shape index (κ3) is 2.25. The fourth-order valence-corrected chi connectivity index (χ4v) is 2.28. The lowest BCUT2D eigenvalue weighted by molar-refractivity contribution is -0.402. The molecule has 3 rings (SSSR count). The molecule has 2 heterocycles. The van der Waals surface area contributed by atoms with Gasteiger partial charge in [0.15, 0.2) is 0 Å². The number of carbonyl (C=O) groups is 1. The van der Waals surface area contributed by atoms with E-state index in [0.717, 1.165) is 5.39 Å². The zero-order valence-electron chi connectivity index (χ0n) is 10.7. The summed E-state index contributed by atoms with van der Waals surface area (Å²) in [6.07, 6.45) is 1.73. The van der Waals surface area contributed by atoms with Gasteiger partial charge in [-0.05, 0) is 18.2 Å². The largest absolute Gasteiger partial charge is 0.478 e. The van der Waals surface area contributed by atoms with Crippen molar-refractivity contribution in [2.24, 2.45) is 0 Å². The van der Waals surface area contributed by atoms with Gasteiger partial charge in [-0.2, -0.15) is 0 Å². The van der Waals surface area contributed by atoms with Gasteiger partial charge >= 0.3 is 11.9 Å². The third-order valence-corrected chi connectivity index (χ3v) is 3.17. The molecule has 0 saturated heterocycles. The summed E-state index contributed by atoms with van der Waals surface area (Å²) in [5.74, 6) is -0.967. The summed E-state index contributed by atoms with van der Waals surface area (Å²) in [5.41, 5.74) is 0.739. The highest BCUT2D eigenvalue weighted by Crippen LogP contribution is 2.23. The predicted molar refractivity (Wildman–Crippen MR) is 73.4 cm³/mol. The maximum atomic E-state index is 11.3. The number of fused-ring (bicyclic) bond motifs is 1. The quantitative estimate of drug-likeness (QED) is 0.587. The van der Waals surface area contributed by atoms with Crippen LogP contribution in [0.1, 0.15) is 16.1 Å². The maximum Gasteiger partial charge on any atom is 0.433 e. The fraction of sp³-hybridized carbons (Fsp3) is 0.0714. The Labute approximate surface area is 118 Å². The molecule has 0 atom stereocenters. The first-order chi connectivity index (χ1) is 10.1. The van der Waals surface area contributed by atoms with Crippen LogP contribution in [-0.4, -0.2) is 20.6 Å². The Morgan fingerprint density at radius 3 is 2.76 bits per heavy atom. The van der Waals surface area contributed by atoms with Gasteiger partial charge in [0.05, 0.1) is 23.7 Å². The number of nitrogens with zero attached hydrogens (tertiary/aromatic N) is 2. The van der Waals surface area contributed by atoms with Gasteiger partial charge in [-0.3, -0.25) is 10.1 Å². The Bertz CT molecular complexity index is 846. The fourth-order valence-electron chi connectivity index (χ4n) is 2.28. The molecule has 21 heavy (non-hydrogen) atoms. The van der Waals surface area contributed by atoms with Crippen molar-refractivity contribution in [3.8, 4) is 0 Å². The molecule has 0 aliphatic rings. The Kier molecular flexibility index (Phi) is 2.94. The van der Waals surface area contributed by atoms with E-state index in [4.69, 9.17) is 4.42 Å². The SMILES string of the molecule is O=C(O)c1cccc2ccn(Cc3ccc([N+](=O)[O-])o3)c12. The minimum absolute atomic E-state index is 0.179. The Balaban J connectivity index is 2.04. The van der Waals surface area contributed by atoms with Gasteiger partial charge in [-0.15, -0.1) is 0 Å². The summed E-state index contributed by atoms with van der Waals surface area (Å²) in [6, 6.07) is 9.58. The summed E-state index contributed by atoms with van der Waals surface area (Å²) in [6.45, 7) is 0.224. The average molecular weight is 286 g/mol. The highest BCUT2D eigenvalue weighted by molar-refractivity contribution is 6.02. The molecule has 0 aliphatic heterocycles. The number of nitro groups is 1. The number of aromatic carboxylic acids is 1. The topological polar surface area (TPSA) is 98.5 Å². The third-order valence-electron chi connectivity index (χ3n) is 3.17. The monoisotopic (exact) mass is 286 g/mol. The van der Waals surface area contributed by atoms with Gasteiger partial charge in [0.25, 0.3) is 0 Å². The zero-order chi connectivity index (χ0) is 15.0. The predicted octanol–water partition coefficient (Wildman–Crippen LogP) is 2.89. The summed E-state index contributed by atoms with van der Waals surface area (Å²) in [5, 5.41) is 20.6. The number of aromatic nitrogens is 1. The molecule has 0 spiro atoms. The van der Waals surface area contributed by atoms with Crippen LogP contribution in [-0.2, 0) is 6.54 Å². The van der Waals surface area contributed by atoms with E-state index >= 15 is 0 Å². The van der Waals surface area contributed by atoms with Gasteiger partial charge in [0.1, 0.15) is 10.7 Å². The van der Waals surface area contributed by atoms with E-state index in [2.05, 4.69) is 0 Å². The normalized spacial score (nSPS) is 10.9. The van der Waals surface area contributed by atoms with E-state index in [1.54, 1.807) is 22.9 Å². The zero-order valence-corrected chi connectivity index (χ0v) is 10.7. The molecule has 0 fully saturated rings. The number of hydrogen-bond acceptors (Lipinski definition) is 4. The van der Waals surface area contributed by atoms with Crippen molar-refractivity contribution in [3.63, 3.8) is 0 Å². The molecule has 3 aromatic rings. The van der Waals surface area contributed by atoms with E-state index in [9.17, 15) is 20.0 Å². The lowest BCUT2D eigenvalue weighted by Gasteiger charge is -2.05. The van der Waals surface area contributed by atoms with Crippen LogP contribution >= 0.6 is 0 Å². The van der Waals surface area contributed by atoms with Crippen LogP contribution in [0, 0.1) is 10.1 Å². The highest BCUT2D eigenvalue weighted by Gasteiger charge is 2.15. The van der Waals surface area contributed by atoms with E-state index < -0.39 is 10.9 Å².